The molecule has 2 nitrogen and oxygen atoms in total. The Morgan fingerprint density at radius 3 is 2.50 bits per heavy atom. The van der Waals surface area contributed by atoms with E-state index in [0.29, 0.717) is 12.7 Å². The lowest BCUT2D eigenvalue weighted by Crippen LogP contribution is -2.52. The van der Waals surface area contributed by atoms with E-state index >= 15 is 0 Å². The van der Waals surface area contributed by atoms with Gasteiger partial charge in [-0.25, -0.2) is 5.11 Å². The van der Waals surface area contributed by atoms with Crippen molar-refractivity contribution in [3.63, 3.8) is 0 Å². The van der Waals surface area contributed by atoms with Crippen molar-refractivity contribution in [2.75, 3.05) is 6.61 Å². The van der Waals surface area contributed by atoms with Crippen LogP contribution in [0, 0.1) is 0 Å². The quantitative estimate of drug-likeness (QED) is 0.455. The maximum atomic E-state index is 11.1. The van der Waals surface area contributed by atoms with Gasteiger partial charge in [0.1, 0.15) is 5.60 Å². The van der Waals surface area contributed by atoms with Gasteiger partial charge in [-0.1, -0.05) is 0 Å². The predicted octanol–water partition coefficient (Wildman–Crippen LogP) is 0.738. The molecule has 0 aromatic heterocycles. The zero-order chi connectivity index (χ0) is 5.61. The van der Waals surface area contributed by atoms with Crippen molar-refractivity contribution >= 4 is 0 Å². The van der Waals surface area contributed by atoms with E-state index in [1.807, 2.05) is 0 Å². The molecule has 3 aliphatic rings. The van der Waals surface area contributed by atoms with Crippen LogP contribution in [0.15, 0.2) is 0 Å². The average Bonchev–Trinajstić information content (AvgIpc) is 1.63. The van der Waals surface area contributed by atoms with Gasteiger partial charge >= 0.3 is 0 Å². The Hall–Kier alpha value is -0.0800. The molecule has 1 aliphatic carbocycles. The lowest BCUT2D eigenvalue weighted by atomic mass is 9.73. The van der Waals surface area contributed by atoms with Crippen LogP contribution < -0.4 is 0 Å². The third-order valence-electron chi connectivity index (χ3n) is 2.11. The zero-order valence-electron chi connectivity index (χ0n) is 4.72. The molecule has 0 spiro atoms. The number of ether oxygens (including phenoxy) is 1. The summed E-state index contributed by atoms with van der Waals surface area (Å²) in [5.74, 6) is 0. The van der Waals surface area contributed by atoms with Crippen molar-refractivity contribution in [3.8, 4) is 0 Å². The summed E-state index contributed by atoms with van der Waals surface area (Å²) in [6.07, 6.45) is 2.62. The lowest BCUT2D eigenvalue weighted by Gasteiger charge is -2.46. The van der Waals surface area contributed by atoms with Gasteiger partial charge in [0.15, 0.2) is 0 Å². The first-order valence-electron chi connectivity index (χ1n) is 3.11. The number of hydrogen-bond acceptors (Lipinski definition) is 1. The lowest BCUT2D eigenvalue weighted by molar-refractivity contribution is -0.223. The molecule has 0 aromatic rings. The minimum absolute atomic E-state index is 0.334. The Labute approximate surface area is 48.5 Å². The van der Waals surface area contributed by atoms with Crippen LogP contribution in [0.1, 0.15) is 19.3 Å². The van der Waals surface area contributed by atoms with Gasteiger partial charge in [-0.15, -0.1) is 0 Å². The van der Waals surface area contributed by atoms with E-state index < -0.39 is 5.60 Å². The molecular weight excluding hydrogens is 104 g/mol. The summed E-state index contributed by atoms with van der Waals surface area (Å²) in [6.45, 7) is 0.703. The fraction of sp³-hybridized carbons (Fsp3) is 1.00. The van der Waals surface area contributed by atoms with E-state index in [-0.39, 0.29) is 0 Å². The minimum Gasteiger partial charge on any atom is -0.378 e. The highest BCUT2D eigenvalue weighted by Gasteiger charge is 2.48. The SMILES string of the molecule is [O]C12CCOC(C1)C2. The van der Waals surface area contributed by atoms with Crippen molar-refractivity contribution in [3.05, 3.63) is 0 Å². The maximum Gasteiger partial charge on any atom is 0.111 e. The Morgan fingerprint density at radius 1 is 1.50 bits per heavy atom. The smallest absolute Gasteiger partial charge is 0.111 e. The number of hydrogen-bond donors (Lipinski definition) is 0. The fourth-order valence-electron chi connectivity index (χ4n) is 1.50. The van der Waals surface area contributed by atoms with E-state index in [1.54, 1.807) is 0 Å². The van der Waals surface area contributed by atoms with Crippen LogP contribution in [0.4, 0.5) is 0 Å². The van der Waals surface area contributed by atoms with Crippen LogP contribution >= 0.6 is 0 Å². The Morgan fingerprint density at radius 2 is 2.25 bits per heavy atom. The first-order chi connectivity index (χ1) is 3.79. The standard InChI is InChI=1S/C6H9O2/c7-6-1-2-8-5(3-6)4-6/h5H,1-4H2. The van der Waals surface area contributed by atoms with Gasteiger partial charge in [-0.2, -0.15) is 0 Å². The summed E-state index contributed by atoms with van der Waals surface area (Å²) in [5.41, 5.74) is -0.553. The van der Waals surface area contributed by atoms with Crippen LogP contribution in [-0.2, 0) is 9.84 Å². The van der Waals surface area contributed by atoms with E-state index in [4.69, 9.17) is 4.74 Å². The summed E-state index contributed by atoms with van der Waals surface area (Å²) in [4.78, 5) is 0. The van der Waals surface area contributed by atoms with Crippen LogP contribution in [0.2, 0.25) is 0 Å². The highest BCUT2D eigenvalue weighted by atomic mass is 16.5. The summed E-state index contributed by atoms with van der Waals surface area (Å²) >= 11 is 0. The Balaban J connectivity index is 2.06. The predicted molar refractivity (Wildman–Crippen MR) is 27.0 cm³/mol. The molecule has 1 radical (unpaired) electrons. The molecule has 2 heteroatoms. The highest BCUT2D eigenvalue weighted by molar-refractivity contribution is 4.97. The number of rotatable bonds is 0. The van der Waals surface area contributed by atoms with E-state index in [9.17, 15) is 5.11 Å². The molecule has 8 heavy (non-hydrogen) atoms. The summed E-state index contributed by atoms with van der Waals surface area (Å²) in [7, 11) is 0. The average molecular weight is 113 g/mol. The first-order valence-corrected chi connectivity index (χ1v) is 3.11. The summed E-state index contributed by atoms with van der Waals surface area (Å²) < 4.78 is 5.21. The Bertz CT molecular complexity index is 99.6. The topological polar surface area (TPSA) is 29.1 Å². The molecule has 2 saturated heterocycles. The van der Waals surface area contributed by atoms with Gasteiger partial charge in [0.2, 0.25) is 0 Å². The molecular formula is C6H9O2. The van der Waals surface area contributed by atoms with Gasteiger partial charge in [0.05, 0.1) is 6.10 Å². The third kappa shape index (κ3) is 0.501. The van der Waals surface area contributed by atoms with Crippen LogP contribution in [0.3, 0.4) is 0 Å². The molecule has 3 rings (SSSR count). The van der Waals surface area contributed by atoms with E-state index in [0.717, 1.165) is 19.3 Å². The molecule has 1 saturated carbocycles. The second-order valence-electron chi connectivity index (χ2n) is 2.83. The molecule has 2 aliphatic heterocycles. The van der Waals surface area contributed by atoms with Crippen LogP contribution in [0.25, 0.3) is 0 Å². The molecule has 3 fully saturated rings. The fourth-order valence-corrected chi connectivity index (χ4v) is 1.50. The normalized spacial score (nSPS) is 52.9. The molecule has 0 aromatic carbocycles. The molecule has 45 valence electrons. The van der Waals surface area contributed by atoms with Gasteiger partial charge in [-0.05, 0) is 0 Å². The largest absolute Gasteiger partial charge is 0.378 e. The summed E-state index contributed by atoms with van der Waals surface area (Å²) in [5, 5.41) is 11.1. The van der Waals surface area contributed by atoms with Crippen molar-refractivity contribution in [2.45, 2.75) is 31.0 Å². The second kappa shape index (κ2) is 1.25. The van der Waals surface area contributed by atoms with Gasteiger partial charge in [0.25, 0.3) is 0 Å². The highest BCUT2D eigenvalue weighted by Crippen LogP contribution is 2.41. The second-order valence-corrected chi connectivity index (χ2v) is 2.83. The first kappa shape index (κ1) is 4.77. The molecule has 0 unspecified atom stereocenters. The van der Waals surface area contributed by atoms with Crippen LogP contribution in [0.5, 0.6) is 0 Å². The zero-order valence-corrected chi connectivity index (χ0v) is 4.72. The molecule has 2 heterocycles. The molecule has 0 amide bonds. The monoisotopic (exact) mass is 113 g/mol. The van der Waals surface area contributed by atoms with Crippen molar-refractivity contribution < 1.29 is 9.84 Å². The van der Waals surface area contributed by atoms with Gasteiger partial charge in [-0.3, -0.25) is 0 Å². The third-order valence-corrected chi connectivity index (χ3v) is 2.11. The van der Waals surface area contributed by atoms with Crippen LogP contribution in [-0.4, -0.2) is 18.3 Å². The molecule has 0 atom stereocenters. The van der Waals surface area contributed by atoms with Gasteiger partial charge in [0, 0.05) is 25.9 Å². The van der Waals surface area contributed by atoms with Crippen molar-refractivity contribution in [2.24, 2.45) is 0 Å². The van der Waals surface area contributed by atoms with Gasteiger partial charge < -0.3 is 4.74 Å². The van der Waals surface area contributed by atoms with Crippen molar-refractivity contribution in [1.29, 1.82) is 0 Å². The van der Waals surface area contributed by atoms with Crippen molar-refractivity contribution in [1.82, 2.24) is 0 Å². The molecule has 2 bridgehead atoms. The summed E-state index contributed by atoms with van der Waals surface area (Å²) in [6, 6.07) is 0. The number of fused-ring (bicyclic) bond motifs is 2. The van der Waals surface area contributed by atoms with E-state index in [2.05, 4.69) is 0 Å². The van der Waals surface area contributed by atoms with E-state index in [1.165, 1.54) is 0 Å². The molecule has 0 N–H and O–H groups in total. The Kier molecular flexibility index (Phi) is 0.746. The minimum atomic E-state index is -0.553. The maximum absolute atomic E-state index is 11.1.